The van der Waals surface area contributed by atoms with Gasteiger partial charge in [0.2, 0.25) is 11.9 Å². The number of aromatic nitrogens is 4. The number of nitrogens with one attached hydrogen (secondary N) is 3. The summed E-state index contributed by atoms with van der Waals surface area (Å²) in [4.78, 5) is 26.4. The Morgan fingerprint density at radius 2 is 1.86 bits per heavy atom. The molecule has 1 fully saturated rings. The first kappa shape index (κ1) is 25.0. The second kappa shape index (κ2) is 11.6. The Morgan fingerprint density at radius 3 is 2.65 bits per heavy atom. The van der Waals surface area contributed by atoms with Crippen LogP contribution in [0.25, 0.3) is 11.0 Å². The van der Waals surface area contributed by atoms with Gasteiger partial charge in [-0.25, -0.2) is 14.4 Å². The van der Waals surface area contributed by atoms with Gasteiger partial charge in [0.1, 0.15) is 5.82 Å². The molecule has 3 heterocycles. The molecular formula is C28H34FN7O. The number of aryl methyl sites for hydroxylation is 1. The maximum absolute atomic E-state index is 13.4. The summed E-state index contributed by atoms with van der Waals surface area (Å²) in [6, 6.07) is 16.7. The summed E-state index contributed by atoms with van der Waals surface area (Å²) in [5, 5.41) is 6.95. The Hall–Kier alpha value is -3.72. The van der Waals surface area contributed by atoms with Crippen molar-refractivity contribution in [2.45, 2.75) is 45.2 Å². The number of imidazole rings is 1. The van der Waals surface area contributed by atoms with E-state index in [1.165, 1.54) is 12.1 Å². The number of fused-ring (bicyclic) bond motifs is 1. The molecule has 3 N–H and O–H groups in total. The lowest BCUT2D eigenvalue weighted by Gasteiger charge is -2.32. The number of hydrogen-bond donors (Lipinski definition) is 3. The standard InChI is InChI=1S/C28H34FN7O/c1-2-5-23-18-26(37)34-27(31-23)30-14-17-35-15-12-22(13-16-35)32-28-33-24-6-3-4-7-25(24)36(28)19-20-8-10-21(29)11-9-20/h3-4,6-11,18,22H,2,5,12-17,19H2,1H3,(H,32,33)(H2,30,31,34,37). The summed E-state index contributed by atoms with van der Waals surface area (Å²) < 4.78 is 15.6. The number of nitrogens with zero attached hydrogens (tertiary/aromatic N) is 4. The first-order valence-electron chi connectivity index (χ1n) is 13.1. The van der Waals surface area contributed by atoms with Crippen LogP contribution < -0.4 is 16.2 Å². The first-order valence-corrected chi connectivity index (χ1v) is 13.1. The number of rotatable bonds is 10. The molecule has 4 aromatic rings. The molecule has 37 heavy (non-hydrogen) atoms. The Morgan fingerprint density at radius 1 is 1.08 bits per heavy atom. The van der Waals surface area contributed by atoms with Gasteiger partial charge in [0.15, 0.2) is 0 Å². The highest BCUT2D eigenvalue weighted by molar-refractivity contribution is 5.78. The van der Waals surface area contributed by atoms with E-state index in [2.05, 4.69) is 43.1 Å². The van der Waals surface area contributed by atoms with Gasteiger partial charge in [0, 0.05) is 44.0 Å². The largest absolute Gasteiger partial charge is 0.354 e. The molecule has 0 aliphatic carbocycles. The maximum Gasteiger partial charge on any atom is 0.252 e. The normalized spacial score (nSPS) is 14.8. The molecule has 0 amide bonds. The minimum atomic E-state index is -0.228. The number of piperidine rings is 1. The van der Waals surface area contributed by atoms with Gasteiger partial charge in [0.25, 0.3) is 5.56 Å². The molecule has 0 radical (unpaired) electrons. The van der Waals surface area contributed by atoms with Crippen LogP contribution in [0.4, 0.5) is 16.3 Å². The van der Waals surface area contributed by atoms with Crippen LogP contribution in [0.5, 0.6) is 0 Å². The zero-order valence-corrected chi connectivity index (χ0v) is 21.2. The molecule has 194 valence electrons. The molecule has 0 saturated carbocycles. The molecule has 1 saturated heterocycles. The van der Waals surface area contributed by atoms with E-state index < -0.39 is 0 Å². The molecule has 2 aromatic carbocycles. The Bertz CT molecular complexity index is 1370. The molecule has 8 nitrogen and oxygen atoms in total. The molecule has 1 aliphatic rings. The summed E-state index contributed by atoms with van der Waals surface area (Å²) in [6.45, 7) is 6.29. The van der Waals surface area contributed by atoms with Crippen LogP contribution in [0.3, 0.4) is 0 Å². The van der Waals surface area contributed by atoms with E-state index in [1.807, 2.05) is 30.3 Å². The maximum atomic E-state index is 13.4. The van der Waals surface area contributed by atoms with Crippen LogP contribution in [0.2, 0.25) is 0 Å². The van der Waals surface area contributed by atoms with Crippen molar-refractivity contribution in [3.05, 3.63) is 82.0 Å². The zero-order valence-electron chi connectivity index (χ0n) is 21.2. The number of benzene rings is 2. The summed E-state index contributed by atoms with van der Waals surface area (Å²) in [5.74, 6) is 1.18. The van der Waals surface area contributed by atoms with Crippen LogP contribution in [-0.2, 0) is 13.0 Å². The molecule has 0 atom stereocenters. The van der Waals surface area contributed by atoms with E-state index in [0.29, 0.717) is 18.5 Å². The Balaban J connectivity index is 1.16. The van der Waals surface area contributed by atoms with Gasteiger partial charge < -0.3 is 20.1 Å². The van der Waals surface area contributed by atoms with Gasteiger partial charge in [-0.3, -0.25) is 9.78 Å². The predicted octanol–water partition coefficient (Wildman–Crippen LogP) is 4.25. The van der Waals surface area contributed by atoms with Crippen LogP contribution in [0.15, 0.2) is 59.4 Å². The van der Waals surface area contributed by atoms with Gasteiger partial charge in [0.05, 0.1) is 17.6 Å². The fourth-order valence-corrected chi connectivity index (χ4v) is 4.91. The van der Waals surface area contributed by atoms with Gasteiger partial charge >= 0.3 is 0 Å². The van der Waals surface area contributed by atoms with Gasteiger partial charge in [-0.1, -0.05) is 37.6 Å². The number of hydrogen-bond acceptors (Lipinski definition) is 6. The highest BCUT2D eigenvalue weighted by Crippen LogP contribution is 2.24. The van der Waals surface area contributed by atoms with Crippen molar-refractivity contribution in [1.29, 1.82) is 0 Å². The Labute approximate surface area is 216 Å². The number of likely N-dealkylation sites (tertiary alicyclic amines) is 1. The third-order valence-corrected chi connectivity index (χ3v) is 6.85. The molecule has 2 aromatic heterocycles. The van der Waals surface area contributed by atoms with E-state index >= 15 is 0 Å². The van der Waals surface area contributed by atoms with Crippen molar-refractivity contribution < 1.29 is 4.39 Å². The second-order valence-corrected chi connectivity index (χ2v) is 9.66. The molecule has 0 unspecified atom stereocenters. The molecule has 0 spiro atoms. The third-order valence-electron chi connectivity index (χ3n) is 6.85. The SMILES string of the molecule is CCCc1cc(=O)[nH]c(NCCN2CCC(Nc3nc4ccccc4n3Cc3ccc(F)cc3)CC2)n1. The third kappa shape index (κ3) is 6.35. The van der Waals surface area contributed by atoms with E-state index in [1.54, 1.807) is 6.07 Å². The summed E-state index contributed by atoms with van der Waals surface area (Å²) in [6.07, 6.45) is 3.79. The van der Waals surface area contributed by atoms with Gasteiger partial charge in [-0.15, -0.1) is 0 Å². The average molecular weight is 504 g/mol. The van der Waals surface area contributed by atoms with E-state index in [0.717, 1.165) is 80.1 Å². The number of halogens is 1. The van der Waals surface area contributed by atoms with E-state index in [-0.39, 0.29) is 11.4 Å². The lowest BCUT2D eigenvalue weighted by molar-refractivity contribution is 0.226. The van der Waals surface area contributed by atoms with Gasteiger partial charge in [-0.05, 0) is 49.1 Å². The van der Waals surface area contributed by atoms with E-state index in [9.17, 15) is 9.18 Å². The van der Waals surface area contributed by atoms with E-state index in [4.69, 9.17) is 4.98 Å². The van der Waals surface area contributed by atoms with Crippen molar-refractivity contribution in [2.24, 2.45) is 0 Å². The van der Waals surface area contributed by atoms with Crippen molar-refractivity contribution in [1.82, 2.24) is 24.4 Å². The number of para-hydroxylation sites is 2. The van der Waals surface area contributed by atoms with Crippen molar-refractivity contribution in [3.63, 3.8) is 0 Å². The van der Waals surface area contributed by atoms with Crippen LogP contribution >= 0.6 is 0 Å². The first-order chi connectivity index (χ1) is 18.1. The molecule has 9 heteroatoms. The zero-order chi connectivity index (χ0) is 25.6. The smallest absolute Gasteiger partial charge is 0.252 e. The van der Waals surface area contributed by atoms with Crippen molar-refractivity contribution in [3.8, 4) is 0 Å². The number of aromatic amines is 1. The Kier molecular flexibility index (Phi) is 7.79. The molecule has 1 aliphatic heterocycles. The highest BCUT2D eigenvalue weighted by atomic mass is 19.1. The van der Waals surface area contributed by atoms with Gasteiger partial charge in [-0.2, -0.15) is 0 Å². The number of anilines is 2. The van der Waals surface area contributed by atoms with Crippen LogP contribution in [0.1, 0.15) is 37.4 Å². The predicted molar refractivity (Wildman–Crippen MR) is 146 cm³/mol. The lowest BCUT2D eigenvalue weighted by Crippen LogP contribution is -2.41. The monoisotopic (exact) mass is 503 g/mol. The summed E-state index contributed by atoms with van der Waals surface area (Å²) in [7, 11) is 0. The van der Waals surface area contributed by atoms with Crippen LogP contribution in [-0.4, -0.2) is 56.6 Å². The molecule has 0 bridgehead atoms. The minimum Gasteiger partial charge on any atom is -0.354 e. The highest BCUT2D eigenvalue weighted by Gasteiger charge is 2.21. The van der Waals surface area contributed by atoms with Crippen molar-refractivity contribution >= 4 is 22.9 Å². The molecular weight excluding hydrogens is 469 g/mol. The van der Waals surface area contributed by atoms with Crippen molar-refractivity contribution in [2.75, 3.05) is 36.8 Å². The molecule has 5 rings (SSSR count). The fourth-order valence-electron chi connectivity index (χ4n) is 4.91. The quantitative estimate of drug-likeness (QED) is 0.300. The fraction of sp³-hybridized carbons (Fsp3) is 0.393. The summed E-state index contributed by atoms with van der Waals surface area (Å²) in [5.41, 5.74) is 3.76. The average Bonchev–Trinajstić information content (AvgIpc) is 3.23. The topological polar surface area (TPSA) is 90.9 Å². The lowest BCUT2D eigenvalue weighted by atomic mass is 10.1. The number of H-pyrrole nitrogens is 1. The summed E-state index contributed by atoms with van der Waals surface area (Å²) >= 11 is 0. The van der Waals surface area contributed by atoms with Crippen LogP contribution in [0, 0.1) is 5.82 Å². The second-order valence-electron chi connectivity index (χ2n) is 9.66. The minimum absolute atomic E-state index is 0.113.